The quantitative estimate of drug-likeness (QED) is 0.832. The van der Waals surface area contributed by atoms with Gasteiger partial charge in [-0.25, -0.2) is 4.98 Å². The van der Waals surface area contributed by atoms with E-state index in [0.29, 0.717) is 12.2 Å². The van der Waals surface area contributed by atoms with Crippen molar-refractivity contribution in [3.63, 3.8) is 0 Å². The zero-order chi connectivity index (χ0) is 13.0. The summed E-state index contributed by atoms with van der Waals surface area (Å²) < 4.78 is 9.54. The number of aryl methyl sites for hydroxylation is 1. The number of nitrogens with zero attached hydrogens (tertiary/aromatic N) is 2. The summed E-state index contributed by atoms with van der Waals surface area (Å²) in [4.78, 5) is 15.3. The topological polar surface area (TPSA) is 77.2 Å². The SMILES string of the molecule is COC(=O)Cc1csc(NCc2cc(C)on2)n1. The van der Waals surface area contributed by atoms with Crippen molar-refractivity contribution < 1.29 is 14.1 Å². The van der Waals surface area contributed by atoms with Crippen molar-refractivity contribution in [2.45, 2.75) is 19.9 Å². The maximum absolute atomic E-state index is 11.1. The third-order valence-corrected chi connectivity index (χ3v) is 3.05. The summed E-state index contributed by atoms with van der Waals surface area (Å²) in [5.74, 6) is 0.483. The summed E-state index contributed by atoms with van der Waals surface area (Å²) in [6, 6.07) is 1.86. The Morgan fingerprint density at radius 2 is 2.39 bits per heavy atom. The number of hydrogen-bond acceptors (Lipinski definition) is 7. The fourth-order valence-corrected chi connectivity index (χ4v) is 2.07. The molecule has 0 aliphatic rings. The molecule has 0 saturated carbocycles. The van der Waals surface area contributed by atoms with E-state index in [0.717, 1.165) is 16.6 Å². The van der Waals surface area contributed by atoms with Crippen molar-refractivity contribution in [2.24, 2.45) is 0 Å². The normalized spacial score (nSPS) is 10.3. The molecule has 2 aromatic rings. The number of ether oxygens (including phenoxy) is 1. The Kier molecular flexibility index (Phi) is 3.93. The van der Waals surface area contributed by atoms with Gasteiger partial charge in [0.05, 0.1) is 25.8 Å². The summed E-state index contributed by atoms with van der Waals surface area (Å²) >= 11 is 1.44. The third-order valence-electron chi connectivity index (χ3n) is 2.20. The van der Waals surface area contributed by atoms with Crippen molar-refractivity contribution in [2.75, 3.05) is 12.4 Å². The molecule has 0 aliphatic heterocycles. The molecule has 2 aromatic heterocycles. The highest BCUT2D eigenvalue weighted by atomic mass is 32.1. The number of hydrogen-bond donors (Lipinski definition) is 1. The summed E-state index contributed by atoms with van der Waals surface area (Å²) in [6.45, 7) is 2.39. The van der Waals surface area contributed by atoms with E-state index in [4.69, 9.17) is 4.52 Å². The first-order valence-electron chi connectivity index (χ1n) is 5.34. The molecule has 0 bridgehead atoms. The fraction of sp³-hybridized carbons (Fsp3) is 0.364. The lowest BCUT2D eigenvalue weighted by molar-refractivity contribution is -0.139. The third kappa shape index (κ3) is 3.30. The molecule has 0 amide bonds. The molecule has 6 nitrogen and oxygen atoms in total. The molecule has 0 aromatic carbocycles. The van der Waals surface area contributed by atoms with E-state index >= 15 is 0 Å². The van der Waals surface area contributed by atoms with E-state index < -0.39 is 0 Å². The van der Waals surface area contributed by atoms with E-state index in [1.54, 1.807) is 0 Å². The first-order valence-corrected chi connectivity index (χ1v) is 6.22. The number of rotatable bonds is 5. The van der Waals surface area contributed by atoms with E-state index in [2.05, 4.69) is 20.2 Å². The van der Waals surface area contributed by atoms with Gasteiger partial charge in [0, 0.05) is 11.4 Å². The van der Waals surface area contributed by atoms with Crippen LogP contribution in [0.3, 0.4) is 0 Å². The minimum Gasteiger partial charge on any atom is -0.469 e. The number of carbonyl (C=O) groups is 1. The molecular formula is C11H13N3O3S. The lowest BCUT2D eigenvalue weighted by atomic mass is 10.3. The maximum Gasteiger partial charge on any atom is 0.311 e. The van der Waals surface area contributed by atoms with Crippen molar-refractivity contribution >= 4 is 22.4 Å². The smallest absolute Gasteiger partial charge is 0.311 e. The Morgan fingerprint density at radius 1 is 1.56 bits per heavy atom. The van der Waals surface area contributed by atoms with E-state index in [9.17, 15) is 4.79 Å². The van der Waals surface area contributed by atoms with Gasteiger partial charge in [-0.15, -0.1) is 11.3 Å². The Balaban J connectivity index is 1.88. The van der Waals surface area contributed by atoms with Gasteiger partial charge in [-0.05, 0) is 6.92 Å². The molecule has 0 spiro atoms. The molecule has 18 heavy (non-hydrogen) atoms. The number of methoxy groups -OCH3 is 1. The molecule has 2 rings (SSSR count). The van der Waals surface area contributed by atoms with Crippen LogP contribution in [0.5, 0.6) is 0 Å². The van der Waals surface area contributed by atoms with E-state index in [1.165, 1.54) is 18.4 Å². The van der Waals surface area contributed by atoms with Gasteiger partial charge in [-0.1, -0.05) is 5.16 Å². The summed E-state index contributed by atoms with van der Waals surface area (Å²) in [5.41, 5.74) is 1.52. The first-order chi connectivity index (χ1) is 8.67. The van der Waals surface area contributed by atoms with Gasteiger partial charge in [0.25, 0.3) is 0 Å². The Bertz CT molecular complexity index is 535. The average Bonchev–Trinajstić information content (AvgIpc) is 2.96. The molecular weight excluding hydrogens is 254 g/mol. The summed E-state index contributed by atoms with van der Waals surface area (Å²) in [6.07, 6.45) is 0.192. The Labute approximate surface area is 108 Å². The predicted molar refractivity (Wildman–Crippen MR) is 66.4 cm³/mol. The summed E-state index contributed by atoms with van der Waals surface area (Å²) in [7, 11) is 1.36. The van der Waals surface area contributed by atoms with E-state index in [1.807, 2.05) is 18.4 Å². The van der Waals surface area contributed by atoms with Gasteiger partial charge in [0.1, 0.15) is 11.5 Å². The molecule has 0 atom stereocenters. The number of aromatic nitrogens is 2. The second kappa shape index (κ2) is 5.63. The van der Waals surface area contributed by atoms with Crippen LogP contribution in [0.1, 0.15) is 17.1 Å². The van der Waals surface area contributed by atoms with Gasteiger partial charge in [-0.2, -0.15) is 0 Å². The zero-order valence-corrected chi connectivity index (χ0v) is 10.9. The highest BCUT2D eigenvalue weighted by molar-refractivity contribution is 7.13. The molecule has 1 N–H and O–H groups in total. The lowest BCUT2D eigenvalue weighted by Gasteiger charge is -1.97. The van der Waals surface area contributed by atoms with Crippen LogP contribution < -0.4 is 5.32 Å². The Hall–Kier alpha value is -1.89. The van der Waals surface area contributed by atoms with Crippen molar-refractivity contribution in [1.82, 2.24) is 10.1 Å². The number of carbonyl (C=O) groups excluding carboxylic acids is 1. The molecule has 0 radical (unpaired) electrons. The molecule has 0 saturated heterocycles. The lowest BCUT2D eigenvalue weighted by Crippen LogP contribution is -2.05. The van der Waals surface area contributed by atoms with Crippen LogP contribution in [0.15, 0.2) is 16.0 Å². The number of nitrogens with one attached hydrogen (secondary N) is 1. The van der Waals surface area contributed by atoms with Gasteiger partial charge in [0.15, 0.2) is 5.13 Å². The van der Waals surface area contributed by atoms with Gasteiger partial charge in [0.2, 0.25) is 0 Å². The molecule has 2 heterocycles. The van der Waals surface area contributed by atoms with Crippen LogP contribution in [0, 0.1) is 6.92 Å². The number of esters is 1. The minimum absolute atomic E-state index is 0.192. The highest BCUT2D eigenvalue weighted by Crippen LogP contribution is 2.17. The molecule has 96 valence electrons. The fourth-order valence-electron chi connectivity index (χ4n) is 1.36. The van der Waals surface area contributed by atoms with Gasteiger partial charge in [-0.3, -0.25) is 4.79 Å². The average molecular weight is 267 g/mol. The monoisotopic (exact) mass is 267 g/mol. The first kappa shape index (κ1) is 12.6. The number of thiazole rings is 1. The molecule has 0 unspecified atom stereocenters. The minimum atomic E-state index is -0.293. The van der Waals surface area contributed by atoms with Gasteiger partial charge < -0.3 is 14.6 Å². The second-order valence-corrected chi connectivity index (χ2v) is 4.54. The van der Waals surface area contributed by atoms with Gasteiger partial charge >= 0.3 is 5.97 Å². The van der Waals surface area contributed by atoms with Crippen molar-refractivity contribution in [3.8, 4) is 0 Å². The van der Waals surface area contributed by atoms with Crippen LogP contribution in [-0.2, 0) is 22.5 Å². The molecule has 0 aliphatic carbocycles. The molecule has 7 heteroatoms. The van der Waals surface area contributed by atoms with Crippen LogP contribution in [0.2, 0.25) is 0 Å². The summed E-state index contributed by atoms with van der Waals surface area (Å²) in [5, 5.41) is 9.55. The van der Waals surface area contributed by atoms with Crippen LogP contribution >= 0.6 is 11.3 Å². The van der Waals surface area contributed by atoms with Crippen LogP contribution in [0.25, 0.3) is 0 Å². The maximum atomic E-state index is 11.1. The van der Waals surface area contributed by atoms with Crippen LogP contribution in [-0.4, -0.2) is 23.2 Å². The second-order valence-electron chi connectivity index (χ2n) is 3.68. The van der Waals surface area contributed by atoms with Crippen LogP contribution in [0.4, 0.5) is 5.13 Å². The van der Waals surface area contributed by atoms with E-state index in [-0.39, 0.29) is 12.4 Å². The highest BCUT2D eigenvalue weighted by Gasteiger charge is 2.08. The van der Waals surface area contributed by atoms with Crippen molar-refractivity contribution in [1.29, 1.82) is 0 Å². The Morgan fingerprint density at radius 3 is 3.06 bits per heavy atom. The zero-order valence-electron chi connectivity index (χ0n) is 10.1. The molecule has 0 fully saturated rings. The van der Waals surface area contributed by atoms with Crippen molar-refractivity contribution in [3.05, 3.63) is 28.6 Å². The largest absolute Gasteiger partial charge is 0.469 e. The number of anilines is 1. The standard InChI is InChI=1S/C11H13N3O3S/c1-7-3-8(14-17-7)5-12-11-13-9(6-18-11)4-10(15)16-2/h3,6H,4-5H2,1-2H3,(H,12,13). The predicted octanol–water partition coefficient (Wildman–Crippen LogP) is 1.77.